The Balaban J connectivity index is 1.50. The number of hydrogen-bond acceptors (Lipinski definition) is 4. The van der Waals surface area contributed by atoms with Crippen LogP contribution in [-0.2, 0) is 22.6 Å². The van der Waals surface area contributed by atoms with E-state index in [1.807, 2.05) is 16.8 Å². The topological polar surface area (TPSA) is 36.3 Å². The Morgan fingerprint density at radius 3 is 2.48 bits per heavy atom. The first kappa shape index (κ1) is 23.9. The zero-order valence-electron chi connectivity index (χ0n) is 16.2. The molecule has 0 aliphatic heterocycles. The summed E-state index contributed by atoms with van der Waals surface area (Å²) in [5.74, 6) is 0. The highest BCUT2D eigenvalue weighted by molar-refractivity contribution is 8.00. The summed E-state index contributed by atoms with van der Waals surface area (Å²) in [6.45, 7) is 1.40. The molecule has 0 amide bonds. The van der Waals surface area contributed by atoms with Gasteiger partial charge in [-0.2, -0.15) is 13.2 Å². The molecule has 0 saturated carbocycles. The second kappa shape index (κ2) is 11.2. The first-order valence-electron chi connectivity index (χ1n) is 9.25. The van der Waals surface area contributed by atoms with Gasteiger partial charge in [-0.3, -0.25) is 0 Å². The van der Waals surface area contributed by atoms with Gasteiger partial charge in [0.2, 0.25) is 0 Å². The van der Waals surface area contributed by atoms with Crippen molar-refractivity contribution in [3.05, 3.63) is 82.4 Å². The summed E-state index contributed by atoms with van der Waals surface area (Å²) < 4.78 is 50.7. The first-order chi connectivity index (χ1) is 14.8. The van der Waals surface area contributed by atoms with Crippen molar-refractivity contribution in [1.29, 1.82) is 0 Å². The van der Waals surface area contributed by atoms with Gasteiger partial charge in [0.25, 0.3) is 0 Å². The van der Waals surface area contributed by atoms with Crippen molar-refractivity contribution < 1.29 is 22.6 Å². The number of alkyl halides is 3. The lowest BCUT2D eigenvalue weighted by atomic mass is 10.1. The van der Waals surface area contributed by atoms with Crippen LogP contribution in [0.3, 0.4) is 0 Å². The summed E-state index contributed by atoms with van der Waals surface area (Å²) in [7, 11) is 0. The van der Waals surface area contributed by atoms with Gasteiger partial charge in [0.05, 0.1) is 32.7 Å². The van der Waals surface area contributed by atoms with Gasteiger partial charge < -0.3 is 14.0 Å². The van der Waals surface area contributed by atoms with E-state index in [9.17, 15) is 13.2 Å². The minimum absolute atomic E-state index is 0.141. The highest BCUT2D eigenvalue weighted by atomic mass is 35.5. The second-order valence-corrected chi connectivity index (χ2v) is 8.51. The standard InChI is InChI=1S/C21H19Cl2F3N2O2S/c22-16-3-6-18(19(23)11-16)20(12-28-8-7-27-14-28)30-10-9-29-13-15-1-4-17(5-2-15)31-21(24,25)26/h1-8,11,14,20H,9-10,12-13H2. The van der Waals surface area contributed by atoms with Crippen molar-refractivity contribution >= 4 is 35.0 Å². The smallest absolute Gasteiger partial charge is 0.374 e. The van der Waals surface area contributed by atoms with Gasteiger partial charge in [0.15, 0.2) is 0 Å². The number of aromatic nitrogens is 2. The first-order valence-corrected chi connectivity index (χ1v) is 10.8. The average molecular weight is 491 g/mol. The highest BCUT2D eigenvalue weighted by Gasteiger charge is 2.29. The van der Waals surface area contributed by atoms with E-state index < -0.39 is 5.51 Å². The van der Waals surface area contributed by atoms with Crippen molar-refractivity contribution in [3.63, 3.8) is 0 Å². The molecule has 1 aromatic heterocycles. The third-order valence-corrected chi connectivity index (χ3v) is 5.52. The van der Waals surface area contributed by atoms with Crippen LogP contribution in [0.5, 0.6) is 0 Å². The van der Waals surface area contributed by atoms with Crippen molar-refractivity contribution in [2.75, 3.05) is 13.2 Å². The number of benzene rings is 2. The van der Waals surface area contributed by atoms with E-state index in [0.717, 1.165) is 11.1 Å². The summed E-state index contributed by atoms with van der Waals surface area (Å²) in [5, 5.41) is 1.05. The van der Waals surface area contributed by atoms with Gasteiger partial charge in [0.1, 0.15) is 6.10 Å². The normalized spacial score (nSPS) is 12.8. The van der Waals surface area contributed by atoms with Crippen LogP contribution in [0, 0.1) is 0 Å². The molecule has 3 aromatic rings. The van der Waals surface area contributed by atoms with Gasteiger partial charge in [-0.25, -0.2) is 4.98 Å². The molecule has 166 valence electrons. The number of imidazole rings is 1. The van der Waals surface area contributed by atoms with Crippen molar-refractivity contribution in [2.24, 2.45) is 0 Å². The summed E-state index contributed by atoms with van der Waals surface area (Å²) in [6.07, 6.45) is 4.87. The maximum Gasteiger partial charge on any atom is 0.446 e. The molecule has 3 rings (SSSR count). The fourth-order valence-corrected chi connectivity index (χ4v) is 3.89. The quantitative estimate of drug-likeness (QED) is 0.232. The van der Waals surface area contributed by atoms with E-state index in [1.165, 1.54) is 12.1 Å². The Morgan fingerprint density at radius 2 is 1.84 bits per heavy atom. The maximum absolute atomic E-state index is 12.4. The van der Waals surface area contributed by atoms with E-state index in [2.05, 4.69) is 4.98 Å². The molecule has 0 aliphatic rings. The van der Waals surface area contributed by atoms with Crippen LogP contribution in [0.4, 0.5) is 13.2 Å². The summed E-state index contributed by atoms with van der Waals surface area (Å²) >= 11 is 12.2. The maximum atomic E-state index is 12.4. The number of halogens is 5. The molecule has 0 bridgehead atoms. The van der Waals surface area contributed by atoms with Gasteiger partial charge in [-0.05, 0) is 41.6 Å². The van der Waals surface area contributed by atoms with Crippen molar-refractivity contribution in [1.82, 2.24) is 9.55 Å². The van der Waals surface area contributed by atoms with Crippen LogP contribution in [0.15, 0.2) is 66.1 Å². The van der Waals surface area contributed by atoms with E-state index in [1.54, 1.807) is 36.8 Å². The molecule has 0 fully saturated rings. The number of rotatable bonds is 10. The fourth-order valence-electron chi connectivity index (χ4n) is 2.82. The Kier molecular flexibility index (Phi) is 8.68. The van der Waals surface area contributed by atoms with Crippen LogP contribution in [-0.4, -0.2) is 28.3 Å². The third kappa shape index (κ3) is 8.05. The molecule has 2 aromatic carbocycles. The third-order valence-electron chi connectivity index (χ3n) is 4.22. The van der Waals surface area contributed by atoms with Crippen LogP contribution < -0.4 is 0 Å². The lowest BCUT2D eigenvalue weighted by molar-refractivity contribution is -0.0328. The summed E-state index contributed by atoms with van der Waals surface area (Å²) in [6, 6.07) is 11.3. The molecule has 0 aliphatic carbocycles. The Morgan fingerprint density at radius 1 is 1.06 bits per heavy atom. The lowest BCUT2D eigenvalue weighted by Crippen LogP contribution is -2.15. The molecule has 1 atom stereocenters. The van der Waals surface area contributed by atoms with Crippen molar-refractivity contribution in [2.45, 2.75) is 29.7 Å². The lowest BCUT2D eigenvalue weighted by Gasteiger charge is -2.20. The Labute approximate surface area is 192 Å². The van der Waals surface area contributed by atoms with Crippen LogP contribution in [0.1, 0.15) is 17.2 Å². The highest BCUT2D eigenvalue weighted by Crippen LogP contribution is 2.36. The van der Waals surface area contributed by atoms with Crippen LogP contribution >= 0.6 is 35.0 Å². The molecule has 31 heavy (non-hydrogen) atoms. The average Bonchev–Trinajstić information content (AvgIpc) is 3.20. The molecule has 0 spiro atoms. The Hall–Kier alpha value is -1.71. The van der Waals surface area contributed by atoms with E-state index >= 15 is 0 Å². The number of nitrogens with zero attached hydrogens (tertiary/aromatic N) is 2. The van der Waals surface area contributed by atoms with E-state index in [0.29, 0.717) is 29.8 Å². The zero-order chi connectivity index (χ0) is 22.3. The number of thioether (sulfide) groups is 1. The summed E-state index contributed by atoms with van der Waals surface area (Å²) in [4.78, 5) is 4.18. The number of ether oxygens (including phenoxy) is 2. The molecular weight excluding hydrogens is 472 g/mol. The van der Waals surface area contributed by atoms with E-state index in [-0.39, 0.29) is 29.4 Å². The molecule has 0 saturated heterocycles. The molecule has 0 N–H and O–H groups in total. The van der Waals surface area contributed by atoms with Gasteiger partial charge in [-0.1, -0.05) is 41.4 Å². The fraction of sp³-hybridized carbons (Fsp3) is 0.286. The van der Waals surface area contributed by atoms with Crippen molar-refractivity contribution in [3.8, 4) is 0 Å². The minimum atomic E-state index is -4.30. The predicted molar refractivity (Wildman–Crippen MR) is 115 cm³/mol. The van der Waals surface area contributed by atoms with Crippen LogP contribution in [0.2, 0.25) is 10.0 Å². The van der Waals surface area contributed by atoms with Gasteiger partial charge in [0, 0.05) is 32.9 Å². The van der Waals surface area contributed by atoms with E-state index in [4.69, 9.17) is 32.7 Å². The molecule has 0 radical (unpaired) electrons. The number of hydrogen-bond donors (Lipinski definition) is 0. The molecular formula is C21H19Cl2F3N2O2S. The molecule has 4 nitrogen and oxygen atoms in total. The monoisotopic (exact) mass is 490 g/mol. The van der Waals surface area contributed by atoms with Crippen LogP contribution in [0.25, 0.3) is 0 Å². The second-order valence-electron chi connectivity index (χ2n) is 6.53. The molecule has 1 heterocycles. The SMILES string of the molecule is FC(F)(F)Sc1ccc(COCCOC(Cn2ccnc2)c2ccc(Cl)cc2Cl)cc1. The Bertz CT molecular complexity index is 954. The molecule has 10 heteroatoms. The van der Waals surface area contributed by atoms with Gasteiger partial charge >= 0.3 is 5.51 Å². The largest absolute Gasteiger partial charge is 0.446 e. The zero-order valence-corrected chi connectivity index (χ0v) is 18.5. The summed E-state index contributed by atoms with van der Waals surface area (Å²) in [5.41, 5.74) is -2.71. The van der Waals surface area contributed by atoms with Gasteiger partial charge in [-0.15, -0.1) is 0 Å². The predicted octanol–water partition coefficient (Wildman–Crippen LogP) is 6.78. The molecule has 1 unspecified atom stereocenters. The minimum Gasteiger partial charge on any atom is -0.374 e.